The number of azo groups is 1. The van der Waals surface area contributed by atoms with Gasteiger partial charge in [-0.05, 0) is 37.6 Å². The van der Waals surface area contributed by atoms with Crippen LogP contribution in [0.2, 0.25) is 0 Å². The highest BCUT2D eigenvalue weighted by atomic mass is 16.5. The molecule has 0 saturated heterocycles. The zero-order chi connectivity index (χ0) is 19.8. The van der Waals surface area contributed by atoms with Crippen molar-refractivity contribution in [2.45, 2.75) is 32.7 Å². The van der Waals surface area contributed by atoms with Crippen LogP contribution in [0.4, 0.5) is 23.0 Å². The van der Waals surface area contributed by atoms with Crippen molar-refractivity contribution >= 4 is 28.9 Å². The van der Waals surface area contributed by atoms with Crippen LogP contribution < -0.4 is 21.5 Å². The standard InChI is InChI=1S/C19H24N6O2/c1-4-7-12(2)27-16-9-6-5-8-14(16)24-25-15-10-11-17(22-18(15)21)23-19(26)13(3)20/h5-6,8-11,13H,2,4,7,20H2,1,3H3,(H3,21,22,23,26)/b25-24+/t13-/m0/s1. The third-order valence-electron chi connectivity index (χ3n) is 3.48. The lowest BCUT2D eigenvalue weighted by molar-refractivity contribution is -0.117. The predicted molar refractivity (Wildman–Crippen MR) is 106 cm³/mol. The molecule has 0 saturated carbocycles. The van der Waals surface area contributed by atoms with Gasteiger partial charge in [-0.2, -0.15) is 0 Å². The molecule has 1 amide bonds. The van der Waals surface area contributed by atoms with E-state index in [1.54, 1.807) is 31.2 Å². The SMILES string of the molecule is C=C(CCC)Oc1ccccc1/N=N/c1ccc(NC(=O)[C@H](C)N)nc1N. The molecule has 8 heteroatoms. The number of nitrogens with one attached hydrogen (secondary N) is 1. The first-order valence-corrected chi connectivity index (χ1v) is 8.60. The molecule has 0 aliphatic carbocycles. The van der Waals surface area contributed by atoms with Crippen molar-refractivity contribution < 1.29 is 9.53 Å². The van der Waals surface area contributed by atoms with Crippen LogP contribution in [0.5, 0.6) is 5.75 Å². The summed E-state index contributed by atoms with van der Waals surface area (Å²) in [4.78, 5) is 15.7. The molecule has 0 aliphatic rings. The number of allylic oxidation sites excluding steroid dienone is 1. The van der Waals surface area contributed by atoms with E-state index in [0.717, 1.165) is 12.8 Å². The van der Waals surface area contributed by atoms with Crippen LogP contribution >= 0.6 is 0 Å². The zero-order valence-electron chi connectivity index (χ0n) is 15.5. The second-order valence-electron chi connectivity index (χ2n) is 5.94. The van der Waals surface area contributed by atoms with E-state index in [9.17, 15) is 4.79 Å². The largest absolute Gasteiger partial charge is 0.460 e. The number of ether oxygens (including phenoxy) is 1. The maximum atomic E-state index is 11.6. The highest BCUT2D eigenvalue weighted by Crippen LogP contribution is 2.31. The highest BCUT2D eigenvalue weighted by Gasteiger charge is 2.10. The fraction of sp³-hybridized carbons (Fsp3) is 0.263. The first-order chi connectivity index (χ1) is 12.9. The zero-order valence-corrected chi connectivity index (χ0v) is 15.5. The summed E-state index contributed by atoms with van der Waals surface area (Å²) < 4.78 is 5.74. The molecule has 2 aromatic rings. The van der Waals surface area contributed by atoms with Crippen LogP contribution in [0.1, 0.15) is 26.7 Å². The van der Waals surface area contributed by atoms with Gasteiger partial charge in [0.15, 0.2) is 11.6 Å². The lowest BCUT2D eigenvalue weighted by Gasteiger charge is -2.09. The van der Waals surface area contributed by atoms with Crippen molar-refractivity contribution in [3.05, 3.63) is 48.7 Å². The third kappa shape index (κ3) is 5.89. The molecule has 8 nitrogen and oxygen atoms in total. The average Bonchev–Trinajstić information content (AvgIpc) is 2.62. The second-order valence-corrected chi connectivity index (χ2v) is 5.94. The Labute approximate surface area is 158 Å². The van der Waals surface area contributed by atoms with E-state index in [0.29, 0.717) is 28.7 Å². The van der Waals surface area contributed by atoms with Gasteiger partial charge in [0.2, 0.25) is 5.91 Å². The number of para-hydroxylation sites is 1. The Morgan fingerprint density at radius 1 is 1.26 bits per heavy atom. The lowest BCUT2D eigenvalue weighted by atomic mass is 10.3. The molecular weight excluding hydrogens is 344 g/mol. The van der Waals surface area contributed by atoms with Gasteiger partial charge in [-0.15, -0.1) is 10.2 Å². The van der Waals surface area contributed by atoms with Gasteiger partial charge in [-0.1, -0.05) is 25.6 Å². The minimum atomic E-state index is -0.647. The van der Waals surface area contributed by atoms with Gasteiger partial charge in [0.1, 0.15) is 17.2 Å². The molecule has 0 aliphatic heterocycles. The molecular formula is C19H24N6O2. The van der Waals surface area contributed by atoms with Crippen LogP contribution in [-0.2, 0) is 4.79 Å². The van der Waals surface area contributed by atoms with Crippen molar-refractivity contribution in [3.63, 3.8) is 0 Å². The van der Waals surface area contributed by atoms with Crippen LogP contribution in [-0.4, -0.2) is 16.9 Å². The van der Waals surface area contributed by atoms with E-state index in [-0.39, 0.29) is 11.7 Å². The van der Waals surface area contributed by atoms with Gasteiger partial charge in [0.25, 0.3) is 0 Å². The number of pyridine rings is 1. The molecule has 1 aromatic heterocycles. The van der Waals surface area contributed by atoms with Crippen LogP contribution in [0.25, 0.3) is 0 Å². The van der Waals surface area contributed by atoms with E-state index >= 15 is 0 Å². The maximum Gasteiger partial charge on any atom is 0.242 e. The number of carbonyl (C=O) groups is 1. The molecule has 0 unspecified atom stereocenters. The summed E-state index contributed by atoms with van der Waals surface area (Å²) in [7, 11) is 0. The number of nitrogens with two attached hydrogens (primary N) is 2. The average molecular weight is 368 g/mol. The number of aromatic nitrogens is 1. The van der Waals surface area contributed by atoms with Crippen molar-refractivity contribution in [3.8, 4) is 5.75 Å². The second kappa shape index (κ2) is 9.44. The first-order valence-electron chi connectivity index (χ1n) is 8.60. The first kappa shape index (κ1) is 20.1. The molecule has 27 heavy (non-hydrogen) atoms. The van der Waals surface area contributed by atoms with E-state index in [1.807, 2.05) is 12.1 Å². The van der Waals surface area contributed by atoms with E-state index in [1.165, 1.54) is 0 Å². The molecule has 1 atom stereocenters. The number of hydrogen-bond acceptors (Lipinski definition) is 7. The summed E-state index contributed by atoms with van der Waals surface area (Å²) in [6.07, 6.45) is 1.70. The number of nitrogen functional groups attached to an aromatic ring is 1. The Kier molecular flexibility index (Phi) is 7.01. The molecule has 142 valence electrons. The molecule has 5 N–H and O–H groups in total. The normalized spacial score (nSPS) is 12.0. The quantitative estimate of drug-likeness (QED) is 0.478. The van der Waals surface area contributed by atoms with Crippen LogP contribution in [0.3, 0.4) is 0 Å². The summed E-state index contributed by atoms with van der Waals surface area (Å²) in [5.41, 5.74) is 12.3. The minimum absolute atomic E-state index is 0.134. The molecule has 2 rings (SSSR count). The Morgan fingerprint density at radius 2 is 1.96 bits per heavy atom. The number of benzene rings is 1. The van der Waals surface area contributed by atoms with Crippen molar-refractivity contribution in [2.75, 3.05) is 11.1 Å². The maximum absolute atomic E-state index is 11.6. The monoisotopic (exact) mass is 368 g/mol. The molecule has 1 aromatic carbocycles. The summed E-state index contributed by atoms with van der Waals surface area (Å²) in [6, 6.07) is 9.80. The van der Waals surface area contributed by atoms with Gasteiger partial charge in [0, 0.05) is 6.42 Å². The summed E-state index contributed by atoms with van der Waals surface area (Å²) in [6.45, 7) is 7.52. The highest BCUT2D eigenvalue weighted by molar-refractivity contribution is 5.93. The molecule has 0 bridgehead atoms. The van der Waals surface area contributed by atoms with Crippen molar-refractivity contribution in [2.24, 2.45) is 16.0 Å². The number of rotatable bonds is 8. The number of hydrogen-bond donors (Lipinski definition) is 3. The smallest absolute Gasteiger partial charge is 0.242 e. The number of anilines is 2. The number of amides is 1. The Morgan fingerprint density at radius 3 is 2.63 bits per heavy atom. The molecule has 0 fully saturated rings. The molecule has 1 heterocycles. The van der Waals surface area contributed by atoms with Crippen LogP contribution in [0.15, 0.2) is 59.0 Å². The van der Waals surface area contributed by atoms with Gasteiger partial charge < -0.3 is 21.5 Å². The minimum Gasteiger partial charge on any atom is -0.460 e. The topological polar surface area (TPSA) is 128 Å². The van der Waals surface area contributed by atoms with Gasteiger partial charge in [0.05, 0.1) is 11.8 Å². The van der Waals surface area contributed by atoms with Crippen LogP contribution in [0, 0.1) is 0 Å². The summed E-state index contributed by atoms with van der Waals surface area (Å²) >= 11 is 0. The van der Waals surface area contributed by atoms with Crippen molar-refractivity contribution in [1.82, 2.24) is 4.98 Å². The number of nitrogens with zero attached hydrogens (tertiary/aromatic N) is 3. The Hall–Kier alpha value is -3.26. The number of carbonyl (C=O) groups excluding carboxylic acids is 1. The molecule has 0 spiro atoms. The molecule has 0 radical (unpaired) electrons. The van der Waals surface area contributed by atoms with E-state index in [2.05, 4.69) is 34.0 Å². The fourth-order valence-corrected chi connectivity index (χ4v) is 2.08. The third-order valence-corrected chi connectivity index (χ3v) is 3.48. The van der Waals surface area contributed by atoms with Gasteiger partial charge in [-0.25, -0.2) is 4.98 Å². The Balaban J connectivity index is 2.16. The predicted octanol–water partition coefficient (Wildman–Crippen LogP) is 4.06. The Bertz CT molecular complexity index is 848. The van der Waals surface area contributed by atoms with E-state index in [4.69, 9.17) is 16.2 Å². The van der Waals surface area contributed by atoms with Crippen molar-refractivity contribution in [1.29, 1.82) is 0 Å². The summed E-state index contributed by atoms with van der Waals surface area (Å²) in [5.74, 6) is 1.31. The van der Waals surface area contributed by atoms with Gasteiger partial charge >= 0.3 is 0 Å². The summed E-state index contributed by atoms with van der Waals surface area (Å²) in [5, 5.41) is 10.9. The lowest BCUT2D eigenvalue weighted by Crippen LogP contribution is -2.32. The van der Waals surface area contributed by atoms with E-state index < -0.39 is 6.04 Å². The van der Waals surface area contributed by atoms with Gasteiger partial charge in [-0.3, -0.25) is 4.79 Å². The fourth-order valence-electron chi connectivity index (χ4n) is 2.08.